The quantitative estimate of drug-likeness (QED) is 0.492. The monoisotopic (exact) mass is 421 g/mol. The van der Waals surface area contributed by atoms with Crippen molar-refractivity contribution in [2.24, 2.45) is 5.92 Å². The second-order valence-corrected chi connectivity index (χ2v) is 7.37. The van der Waals surface area contributed by atoms with Crippen LogP contribution < -0.4 is 16.0 Å². The summed E-state index contributed by atoms with van der Waals surface area (Å²) in [7, 11) is 1.22. The van der Waals surface area contributed by atoms with E-state index in [-0.39, 0.29) is 12.5 Å². The molecule has 3 N–H and O–H groups in total. The Labute approximate surface area is 176 Å². The Kier molecular flexibility index (Phi) is 10.4. The van der Waals surface area contributed by atoms with Gasteiger partial charge in [-0.3, -0.25) is 9.59 Å². The van der Waals surface area contributed by atoms with Gasteiger partial charge in [-0.15, -0.1) is 0 Å². The van der Waals surface area contributed by atoms with Crippen LogP contribution >= 0.6 is 0 Å². The summed E-state index contributed by atoms with van der Waals surface area (Å²) in [6, 6.07) is 6.53. The predicted molar refractivity (Wildman–Crippen MR) is 110 cm³/mol. The lowest BCUT2D eigenvalue weighted by molar-refractivity contribution is -0.144. The molecule has 0 bridgehead atoms. The molecule has 0 aliphatic rings. The van der Waals surface area contributed by atoms with Crippen molar-refractivity contribution in [2.75, 3.05) is 7.11 Å². The Bertz CT molecular complexity index is 723. The first-order valence-corrected chi connectivity index (χ1v) is 9.79. The highest BCUT2D eigenvalue weighted by Crippen LogP contribution is 2.07. The van der Waals surface area contributed by atoms with Crippen molar-refractivity contribution in [2.45, 2.75) is 58.8 Å². The number of ether oxygens (including phenoxy) is 2. The topological polar surface area (TPSA) is 123 Å². The molecule has 0 unspecified atom stereocenters. The van der Waals surface area contributed by atoms with Gasteiger partial charge in [0.25, 0.3) is 0 Å². The first-order valence-electron chi connectivity index (χ1n) is 9.79. The van der Waals surface area contributed by atoms with Crippen molar-refractivity contribution >= 4 is 23.9 Å². The molecule has 30 heavy (non-hydrogen) atoms. The average molecular weight is 421 g/mol. The van der Waals surface area contributed by atoms with E-state index in [0.717, 1.165) is 5.56 Å². The highest BCUT2D eigenvalue weighted by molar-refractivity contribution is 5.92. The Morgan fingerprint density at radius 3 is 2.03 bits per heavy atom. The van der Waals surface area contributed by atoms with Gasteiger partial charge in [0.05, 0.1) is 7.11 Å². The molecule has 0 spiro atoms. The van der Waals surface area contributed by atoms with Crippen molar-refractivity contribution in [3.05, 3.63) is 35.9 Å². The Morgan fingerprint density at radius 2 is 1.47 bits per heavy atom. The van der Waals surface area contributed by atoms with Crippen LogP contribution in [0.15, 0.2) is 30.3 Å². The minimum absolute atomic E-state index is 0.0763. The summed E-state index contributed by atoms with van der Waals surface area (Å²) in [5, 5.41) is 7.56. The molecule has 1 aromatic carbocycles. The van der Waals surface area contributed by atoms with Gasteiger partial charge < -0.3 is 25.4 Å². The molecule has 1 aromatic rings. The number of hydrogen-bond donors (Lipinski definition) is 3. The fourth-order valence-corrected chi connectivity index (χ4v) is 2.56. The lowest BCUT2D eigenvalue weighted by Crippen LogP contribution is -2.54. The summed E-state index contributed by atoms with van der Waals surface area (Å²) < 4.78 is 9.73. The molecule has 0 radical (unpaired) electrons. The molecule has 0 saturated carbocycles. The molecule has 0 aliphatic carbocycles. The van der Waals surface area contributed by atoms with Crippen LogP contribution in [0.3, 0.4) is 0 Å². The van der Waals surface area contributed by atoms with Crippen molar-refractivity contribution in [1.82, 2.24) is 16.0 Å². The third-order valence-electron chi connectivity index (χ3n) is 4.19. The largest absolute Gasteiger partial charge is 0.467 e. The number of alkyl carbamates (subject to hydrolysis) is 1. The Morgan fingerprint density at radius 1 is 0.867 bits per heavy atom. The predicted octanol–water partition coefficient (Wildman–Crippen LogP) is 1.51. The first-order chi connectivity index (χ1) is 14.1. The molecule has 1 rings (SSSR count). The van der Waals surface area contributed by atoms with Gasteiger partial charge in [0.15, 0.2) is 0 Å². The molecule has 0 fully saturated rings. The molecular formula is C21H31N3O6. The number of esters is 1. The number of methoxy groups -OCH3 is 1. The van der Waals surface area contributed by atoms with Gasteiger partial charge in [0, 0.05) is 0 Å². The molecule has 0 saturated heterocycles. The fourth-order valence-electron chi connectivity index (χ4n) is 2.56. The molecule has 3 atom stereocenters. The number of benzene rings is 1. The summed E-state index contributed by atoms with van der Waals surface area (Å²) in [5.41, 5.74) is 0.822. The second kappa shape index (κ2) is 12.5. The van der Waals surface area contributed by atoms with Crippen molar-refractivity contribution in [3.8, 4) is 0 Å². The van der Waals surface area contributed by atoms with Crippen LogP contribution in [0.2, 0.25) is 0 Å². The molecule has 0 aliphatic heterocycles. The van der Waals surface area contributed by atoms with Gasteiger partial charge in [0.1, 0.15) is 24.7 Å². The van der Waals surface area contributed by atoms with E-state index >= 15 is 0 Å². The molecular weight excluding hydrogens is 390 g/mol. The molecule has 0 heterocycles. The number of nitrogens with one attached hydrogen (secondary N) is 3. The fraction of sp³-hybridized carbons (Fsp3) is 0.524. The second-order valence-electron chi connectivity index (χ2n) is 7.37. The van der Waals surface area contributed by atoms with Gasteiger partial charge in [-0.25, -0.2) is 9.59 Å². The normalized spacial score (nSPS) is 13.5. The van der Waals surface area contributed by atoms with Crippen LogP contribution in [0.1, 0.15) is 39.7 Å². The zero-order valence-electron chi connectivity index (χ0n) is 18.1. The Balaban J connectivity index is 2.63. The standard InChI is InChI=1S/C21H31N3O6/c1-13(2)11-17(24-21(28)30-12-16-9-7-6-8-10-16)19(26)22-14(3)18(25)23-15(4)20(27)29-5/h6-10,13-15,17H,11-12H2,1-5H3,(H,22,26)(H,23,25)(H,24,28)/t14-,15-,17+/m0/s1. The lowest BCUT2D eigenvalue weighted by Gasteiger charge is -2.23. The van der Waals surface area contributed by atoms with Gasteiger partial charge in [-0.1, -0.05) is 44.2 Å². The number of rotatable bonds is 10. The van der Waals surface area contributed by atoms with Crippen LogP contribution in [-0.4, -0.2) is 49.1 Å². The van der Waals surface area contributed by atoms with E-state index in [9.17, 15) is 19.2 Å². The molecule has 166 valence electrons. The van der Waals surface area contributed by atoms with E-state index in [2.05, 4.69) is 20.7 Å². The van der Waals surface area contributed by atoms with Crippen LogP contribution in [0.5, 0.6) is 0 Å². The van der Waals surface area contributed by atoms with Crippen LogP contribution in [0.4, 0.5) is 4.79 Å². The maximum Gasteiger partial charge on any atom is 0.408 e. The van der Waals surface area contributed by atoms with Crippen molar-refractivity contribution < 1.29 is 28.7 Å². The number of hydrogen-bond acceptors (Lipinski definition) is 6. The Hall–Kier alpha value is -3.10. The molecule has 9 heteroatoms. The molecule has 0 aromatic heterocycles. The van der Waals surface area contributed by atoms with E-state index in [1.807, 2.05) is 44.2 Å². The van der Waals surface area contributed by atoms with Crippen LogP contribution in [0, 0.1) is 5.92 Å². The van der Waals surface area contributed by atoms with Gasteiger partial charge in [0.2, 0.25) is 11.8 Å². The van der Waals surface area contributed by atoms with E-state index < -0.39 is 42.0 Å². The average Bonchev–Trinajstić information content (AvgIpc) is 2.71. The van der Waals surface area contributed by atoms with E-state index in [0.29, 0.717) is 6.42 Å². The highest BCUT2D eigenvalue weighted by Gasteiger charge is 2.27. The third kappa shape index (κ3) is 8.93. The van der Waals surface area contributed by atoms with E-state index in [1.54, 1.807) is 0 Å². The van der Waals surface area contributed by atoms with E-state index in [4.69, 9.17) is 4.74 Å². The number of amides is 3. The van der Waals surface area contributed by atoms with Crippen LogP contribution in [0.25, 0.3) is 0 Å². The van der Waals surface area contributed by atoms with Gasteiger partial charge in [-0.05, 0) is 31.7 Å². The summed E-state index contributed by atoms with van der Waals surface area (Å²) in [4.78, 5) is 48.4. The SMILES string of the molecule is COC(=O)[C@H](C)NC(=O)[C@H](C)NC(=O)[C@@H](CC(C)C)NC(=O)OCc1ccccc1. The van der Waals surface area contributed by atoms with Crippen molar-refractivity contribution in [1.29, 1.82) is 0 Å². The van der Waals surface area contributed by atoms with E-state index in [1.165, 1.54) is 21.0 Å². The zero-order chi connectivity index (χ0) is 22.7. The highest BCUT2D eigenvalue weighted by atomic mass is 16.5. The maximum absolute atomic E-state index is 12.6. The molecule has 9 nitrogen and oxygen atoms in total. The number of carbonyl (C=O) groups excluding carboxylic acids is 4. The number of carbonyl (C=O) groups is 4. The van der Waals surface area contributed by atoms with Crippen LogP contribution in [-0.2, 0) is 30.5 Å². The summed E-state index contributed by atoms with van der Waals surface area (Å²) >= 11 is 0. The third-order valence-corrected chi connectivity index (χ3v) is 4.19. The minimum Gasteiger partial charge on any atom is -0.467 e. The smallest absolute Gasteiger partial charge is 0.408 e. The maximum atomic E-state index is 12.6. The summed E-state index contributed by atoms with van der Waals surface area (Å²) in [6.07, 6.45) is -0.366. The molecule has 3 amide bonds. The zero-order valence-corrected chi connectivity index (χ0v) is 18.1. The summed E-state index contributed by atoms with van der Waals surface area (Å²) in [6.45, 7) is 6.85. The minimum atomic E-state index is -0.915. The lowest BCUT2D eigenvalue weighted by atomic mass is 10.0. The van der Waals surface area contributed by atoms with Gasteiger partial charge in [-0.2, -0.15) is 0 Å². The first kappa shape index (κ1) is 24.9. The van der Waals surface area contributed by atoms with Gasteiger partial charge >= 0.3 is 12.1 Å². The summed E-state index contributed by atoms with van der Waals surface area (Å²) in [5.74, 6) is -1.55. The van der Waals surface area contributed by atoms with Crippen molar-refractivity contribution in [3.63, 3.8) is 0 Å².